The third-order valence-electron chi connectivity index (χ3n) is 10.5. The number of hydrogen-bond acceptors (Lipinski definition) is 2. The molecule has 0 saturated heterocycles. The summed E-state index contributed by atoms with van der Waals surface area (Å²) in [6.07, 6.45) is 0. The van der Waals surface area contributed by atoms with Gasteiger partial charge in [-0.25, -0.2) is 0 Å². The average Bonchev–Trinajstić information content (AvgIpc) is 3.85. The second-order valence-electron chi connectivity index (χ2n) is 13.5. The van der Waals surface area contributed by atoms with E-state index in [1.807, 2.05) is 12.1 Å². The van der Waals surface area contributed by atoms with Crippen LogP contribution in [-0.4, -0.2) is 9.13 Å². The van der Waals surface area contributed by atoms with E-state index in [1.165, 1.54) is 43.7 Å². The molecular formula is C48H31N3O. The predicted octanol–water partition coefficient (Wildman–Crippen LogP) is 13.2. The molecule has 0 aliphatic heterocycles. The van der Waals surface area contributed by atoms with E-state index < -0.39 is 0 Å². The summed E-state index contributed by atoms with van der Waals surface area (Å²) in [5, 5.41) is 10.9. The molecule has 3 heterocycles. The van der Waals surface area contributed by atoms with E-state index in [2.05, 4.69) is 184 Å². The smallest absolute Gasteiger partial charge is 0.135 e. The first-order valence-electron chi connectivity index (χ1n) is 17.7. The molecule has 3 aromatic heterocycles. The summed E-state index contributed by atoms with van der Waals surface area (Å²) < 4.78 is 11.0. The van der Waals surface area contributed by atoms with E-state index in [-0.39, 0.29) is 0 Å². The Kier molecular flexibility index (Phi) is 6.22. The fourth-order valence-corrected chi connectivity index (χ4v) is 8.18. The van der Waals surface area contributed by atoms with Gasteiger partial charge in [0, 0.05) is 60.6 Å². The van der Waals surface area contributed by atoms with Crippen LogP contribution < -0.4 is 5.32 Å². The van der Waals surface area contributed by atoms with Crippen molar-refractivity contribution in [1.82, 2.24) is 9.13 Å². The molecule has 11 rings (SSSR count). The van der Waals surface area contributed by atoms with Crippen LogP contribution in [0.2, 0.25) is 0 Å². The summed E-state index contributed by atoms with van der Waals surface area (Å²) in [4.78, 5) is 0. The quantitative estimate of drug-likeness (QED) is 0.199. The predicted molar refractivity (Wildman–Crippen MR) is 218 cm³/mol. The summed E-state index contributed by atoms with van der Waals surface area (Å²) in [5.41, 5.74) is 13.1. The molecule has 0 unspecified atom stereocenters. The topological polar surface area (TPSA) is 35.0 Å². The zero-order chi connectivity index (χ0) is 34.2. The maximum Gasteiger partial charge on any atom is 0.135 e. The number of hydrogen-bond donors (Lipinski definition) is 1. The van der Waals surface area contributed by atoms with Crippen molar-refractivity contribution in [1.29, 1.82) is 0 Å². The molecule has 0 aliphatic rings. The fraction of sp³-hybridized carbons (Fsp3) is 0. The molecule has 8 aromatic carbocycles. The minimum absolute atomic E-state index is 0.896. The molecule has 0 radical (unpaired) electrons. The molecule has 11 aromatic rings. The molecule has 0 amide bonds. The van der Waals surface area contributed by atoms with Crippen molar-refractivity contribution in [3.8, 4) is 22.5 Å². The van der Waals surface area contributed by atoms with E-state index in [0.717, 1.165) is 55.7 Å². The van der Waals surface area contributed by atoms with Crippen molar-refractivity contribution in [2.45, 2.75) is 0 Å². The van der Waals surface area contributed by atoms with E-state index in [0.29, 0.717) is 0 Å². The van der Waals surface area contributed by atoms with Gasteiger partial charge in [-0.2, -0.15) is 0 Å². The van der Waals surface area contributed by atoms with Crippen LogP contribution in [0.5, 0.6) is 0 Å². The second kappa shape index (κ2) is 11.2. The maximum atomic E-state index is 6.21. The third-order valence-corrected chi connectivity index (χ3v) is 10.5. The number of nitrogens with zero attached hydrogens (tertiary/aromatic N) is 2. The van der Waals surface area contributed by atoms with Gasteiger partial charge >= 0.3 is 0 Å². The van der Waals surface area contributed by atoms with Gasteiger partial charge in [0.1, 0.15) is 11.2 Å². The van der Waals surface area contributed by atoms with E-state index in [9.17, 15) is 0 Å². The normalized spacial score (nSPS) is 11.8. The molecule has 244 valence electrons. The van der Waals surface area contributed by atoms with Gasteiger partial charge in [0.15, 0.2) is 0 Å². The second-order valence-corrected chi connectivity index (χ2v) is 13.5. The lowest BCUT2D eigenvalue weighted by atomic mass is 10.0. The van der Waals surface area contributed by atoms with E-state index in [4.69, 9.17) is 4.42 Å². The van der Waals surface area contributed by atoms with Crippen molar-refractivity contribution in [2.24, 2.45) is 0 Å². The Hall–Kier alpha value is -7.04. The molecule has 0 atom stereocenters. The molecule has 4 heteroatoms. The Labute approximate surface area is 299 Å². The first-order valence-corrected chi connectivity index (χ1v) is 17.7. The van der Waals surface area contributed by atoms with Crippen molar-refractivity contribution >= 4 is 76.9 Å². The van der Waals surface area contributed by atoms with Crippen LogP contribution in [0.3, 0.4) is 0 Å². The van der Waals surface area contributed by atoms with Gasteiger partial charge in [-0.1, -0.05) is 109 Å². The minimum Gasteiger partial charge on any atom is -0.456 e. The first kappa shape index (κ1) is 28.8. The molecule has 0 saturated carbocycles. The van der Waals surface area contributed by atoms with Gasteiger partial charge in [-0.15, -0.1) is 0 Å². The molecule has 0 bridgehead atoms. The van der Waals surface area contributed by atoms with Crippen molar-refractivity contribution in [3.05, 3.63) is 182 Å². The molecular weight excluding hydrogens is 635 g/mol. The highest BCUT2D eigenvalue weighted by Crippen LogP contribution is 2.41. The van der Waals surface area contributed by atoms with Crippen molar-refractivity contribution in [3.63, 3.8) is 0 Å². The molecule has 52 heavy (non-hydrogen) atoms. The summed E-state index contributed by atoms with van der Waals surface area (Å²) in [7, 11) is 0. The minimum atomic E-state index is 0.896. The summed E-state index contributed by atoms with van der Waals surface area (Å²) in [5.74, 6) is 0. The lowest BCUT2D eigenvalue weighted by molar-refractivity contribution is 0.669. The standard InChI is InChI=1S/C48H31N3O/c1-2-13-31(14-3-1)35-17-4-8-21-42(35)49-32-15-12-16-33(27-32)50-43-22-9-5-18-36(43)39-29-40-37-19-6-10-23-44(37)51(46(40)30-45(39)50)34-25-26-48-41(28-34)38-20-7-11-24-47(38)52-48/h1-30,49H. The Morgan fingerprint density at radius 3 is 1.75 bits per heavy atom. The lowest BCUT2D eigenvalue weighted by Gasteiger charge is -2.15. The molecule has 0 spiro atoms. The monoisotopic (exact) mass is 665 g/mol. The summed E-state index contributed by atoms with van der Waals surface area (Å²) in [6.45, 7) is 0. The number of fused-ring (bicyclic) bond motifs is 9. The average molecular weight is 666 g/mol. The van der Waals surface area contributed by atoms with Crippen LogP contribution in [0.25, 0.3) is 88.1 Å². The van der Waals surface area contributed by atoms with Crippen molar-refractivity contribution in [2.75, 3.05) is 5.32 Å². The number of rotatable bonds is 5. The zero-order valence-corrected chi connectivity index (χ0v) is 28.1. The fourth-order valence-electron chi connectivity index (χ4n) is 8.18. The third kappa shape index (κ3) is 4.34. The van der Waals surface area contributed by atoms with E-state index in [1.54, 1.807) is 0 Å². The number of benzene rings is 8. The van der Waals surface area contributed by atoms with Gasteiger partial charge in [-0.05, 0) is 78.4 Å². The first-order chi connectivity index (χ1) is 25.8. The van der Waals surface area contributed by atoms with Gasteiger partial charge in [0.25, 0.3) is 0 Å². The highest BCUT2D eigenvalue weighted by atomic mass is 16.3. The van der Waals surface area contributed by atoms with Gasteiger partial charge < -0.3 is 18.9 Å². The number of nitrogens with one attached hydrogen (secondary N) is 1. The highest BCUT2D eigenvalue weighted by Gasteiger charge is 2.19. The van der Waals surface area contributed by atoms with Gasteiger partial charge in [0.2, 0.25) is 0 Å². The van der Waals surface area contributed by atoms with Crippen LogP contribution in [0.4, 0.5) is 11.4 Å². The van der Waals surface area contributed by atoms with Gasteiger partial charge in [-0.3, -0.25) is 0 Å². The Bertz CT molecular complexity index is 3160. The highest BCUT2D eigenvalue weighted by molar-refractivity contribution is 6.19. The zero-order valence-electron chi connectivity index (χ0n) is 28.1. The number of para-hydroxylation sites is 4. The SMILES string of the molecule is c1ccc(-c2ccccc2Nc2cccc(-n3c4ccccc4c4cc5c6ccccc6n(-c6ccc7oc8ccccc8c7c6)c5cc43)c2)cc1. The molecule has 0 aliphatic carbocycles. The molecule has 4 nitrogen and oxygen atoms in total. The largest absolute Gasteiger partial charge is 0.456 e. The number of furan rings is 1. The van der Waals surface area contributed by atoms with Crippen LogP contribution in [0.15, 0.2) is 186 Å². The summed E-state index contributed by atoms with van der Waals surface area (Å²) >= 11 is 0. The Balaban J connectivity index is 1.13. The Morgan fingerprint density at radius 1 is 0.365 bits per heavy atom. The van der Waals surface area contributed by atoms with E-state index >= 15 is 0 Å². The lowest BCUT2D eigenvalue weighted by Crippen LogP contribution is -1.98. The molecule has 0 fully saturated rings. The number of anilines is 2. The summed E-state index contributed by atoms with van der Waals surface area (Å²) in [6, 6.07) is 64.9. The van der Waals surface area contributed by atoms with Crippen molar-refractivity contribution < 1.29 is 4.42 Å². The van der Waals surface area contributed by atoms with Crippen LogP contribution in [0, 0.1) is 0 Å². The molecule has 1 N–H and O–H groups in total. The maximum absolute atomic E-state index is 6.21. The van der Waals surface area contributed by atoms with Crippen LogP contribution >= 0.6 is 0 Å². The van der Waals surface area contributed by atoms with Crippen LogP contribution in [-0.2, 0) is 0 Å². The van der Waals surface area contributed by atoms with Gasteiger partial charge in [0.05, 0.1) is 22.1 Å². The number of aromatic nitrogens is 2. The Morgan fingerprint density at radius 2 is 0.981 bits per heavy atom. The van der Waals surface area contributed by atoms with Crippen LogP contribution in [0.1, 0.15) is 0 Å².